The normalized spacial score (nSPS) is 19.9. The van der Waals surface area contributed by atoms with Gasteiger partial charge in [0.05, 0.1) is 25.6 Å². The van der Waals surface area contributed by atoms with E-state index in [-0.39, 0.29) is 24.5 Å². The Kier molecular flexibility index (Phi) is 7.34. The fourth-order valence-corrected chi connectivity index (χ4v) is 5.22. The van der Waals surface area contributed by atoms with Crippen LogP contribution in [0.4, 0.5) is 5.95 Å². The summed E-state index contributed by atoms with van der Waals surface area (Å²) in [6.45, 7) is 3.68. The number of carboxylic acids is 1. The van der Waals surface area contributed by atoms with E-state index in [2.05, 4.69) is 20.0 Å². The Hall–Kier alpha value is -3.47. The Morgan fingerprint density at radius 2 is 2.09 bits per heavy atom. The van der Waals surface area contributed by atoms with Gasteiger partial charge in [-0.2, -0.15) is 15.1 Å². The summed E-state index contributed by atoms with van der Waals surface area (Å²) in [5, 5.41) is 11.7. The van der Waals surface area contributed by atoms with Crippen molar-refractivity contribution in [3.05, 3.63) is 48.8 Å². The van der Waals surface area contributed by atoms with Crippen molar-refractivity contribution in [3.63, 3.8) is 0 Å². The monoisotopic (exact) mass is 502 g/mol. The highest BCUT2D eigenvalue weighted by Crippen LogP contribution is 2.46. The summed E-state index contributed by atoms with van der Waals surface area (Å²) in [6.07, 6.45) is 6.18. The summed E-state index contributed by atoms with van der Waals surface area (Å²) >= 11 is 0. The fraction of sp³-hybridized carbons (Fsp3) is 0.364. The number of rotatable bonds is 11. The third kappa shape index (κ3) is 5.79. The van der Waals surface area contributed by atoms with Crippen LogP contribution in [0.15, 0.2) is 48.8 Å². The molecular weight excluding hydrogens is 475 g/mol. The fourth-order valence-electron chi connectivity index (χ4n) is 3.67. The standard InChI is InChI=1S/C22H27N6O6P/c1-3-32-20-18-19(25-22(23)26-20)28(13-24-18)16-10-9-15(11-16)12-33-35(31,27-14(2)21(29)30)34-17-7-5-4-6-8-17/h4-10,13-16H,3,11-12H2,1-2H3,(H,27,31)(H,29,30)(H2,23,25,26)/t14?,15-,16+,35-/m1/s1. The van der Waals surface area contributed by atoms with Crippen molar-refractivity contribution in [2.24, 2.45) is 5.92 Å². The number of imidazole rings is 1. The third-order valence-electron chi connectivity index (χ3n) is 5.34. The predicted molar refractivity (Wildman–Crippen MR) is 128 cm³/mol. The molecule has 1 aliphatic carbocycles. The van der Waals surface area contributed by atoms with Gasteiger partial charge in [0.2, 0.25) is 11.8 Å². The molecule has 1 aliphatic rings. The van der Waals surface area contributed by atoms with Gasteiger partial charge in [0.1, 0.15) is 11.8 Å². The number of allylic oxidation sites excluding steroid dienone is 1. The second-order valence-electron chi connectivity index (χ2n) is 7.98. The Morgan fingerprint density at radius 3 is 2.80 bits per heavy atom. The van der Waals surface area contributed by atoms with Crippen molar-refractivity contribution in [2.75, 3.05) is 18.9 Å². The van der Waals surface area contributed by atoms with Crippen LogP contribution in [0.1, 0.15) is 26.3 Å². The van der Waals surface area contributed by atoms with Crippen molar-refractivity contribution in [1.82, 2.24) is 24.6 Å². The van der Waals surface area contributed by atoms with Gasteiger partial charge in [-0.05, 0) is 32.4 Å². The summed E-state index contributed by atoms with van der Waals surface area (Å²) in [7, 11) is -3.98. The van der Waals surface area contributed by atoms with Crippen molar-refractivity contribution < 1.29 is 28.3 Å². The van der Waals surface area contributed by atoms with E-state index in [4.69, 9.17) is 19.5 Å². The Morgan fingerprint density at radius 1 is 1.31 bits per heavy atom. The van der Waals surface area contributed by atoms with E-state index in [9.17, 15) is 14.5 Å². The molecule has 4 rings (SSSR count). The van der Waals surface area contributed by atoms with Crippen LogP contribution in [0.2, 0.25) is 0 Å². The van der Waals surface area contributed by atoms with Crippen LogP contribution >= 0.6 is 7.75 Å². The van der Waals surface area contributed by atoms with Gasteiger partial charge >= 0.3 is 13.7 Å². The first kappa shape index (κ1) is 24.6. The molecule has 0 saturated carbocycles. The summed E-state index contributed by atoms with van der Waals surface area (Å²) in [5.74, 6) is -0.577. The number of benzene rings is 1. The minimum absolute atomic E-state index is 0.0460. The number of ether oxygens (including phenoxy) is 1. The molecule has 0 bridgehead atoms. The van der Waals surface area contributed by atoms with E-state index in [1.165, 1.54) is 6.92 Å². The maximum Gasteiger partial charge on any atom is 0.459 e. The lowest BCUT2D eigenvalue weighted by molar-refractivity contribution is -0.138. The highest BCUT2D eigenvalue weighted by molar-refractivity contribution is 7.52. The molecule has 13 heteroatoms. The number of carboxylic acid groups (broad SMARTS) is 1. The lowest BCUT2D eigenvalue weighted by atomic mass is 10.1. The first-order chi connectivity index (χ1) is 16.8. The number of aromatic nitrogens is 4. The Bertz CT molecular complexity index is 1270. The van der Waals surface area contributed by atoms with Crippen LogP contribution in [0.3, 0.4) is 0 Å². The van der Waals surface area contributed by atoms with E-state index >= 15 is 0 Å². The molecule has 1 unspecified atom stereocenters. The number of anilines is 1. The number of hydrogen-bond acceptors (Lipinski definition) is 9. The number of aliphatic carboxylic acids is 1. The van der Waals surface area contributed by atoms with Crippen molar-refractivity contribution in [3.8, 4) is 11.6 Å². The Balaban J connectivity index is 1.46. The number of nitrogens with zero attached hydrogens (tertiary/aromatic N) is 4. The van der Waals surface area contributed by atoms with E-state index in [0.29, 0.717) is 35.8 Å². The van der Waals surface area contributed by atoms with Crippen LogP contribution in [0.25, 0.3) is 11.2 Å². The van der Waals surface area contributed by atoms with E-state index < -0.39 is 19.8 Å². The molecule has 0 fully saturated rings. The highest BCUT2D eigenvalue weighted by atomic mass is 31.2. The highest BCUT2D eigenvalue weighted by Gasteiger charge is 2.33. The first-order valence-corrected chi connectivity index (χ1v) is 12.6. The number of nitrogen functional groups attached to an aromatic ring is 1. The number of nitrogens with one attached hydrogen (secondary N) is 1. The van der Waals surface area contributed by atoms with Crippen LogP contribution in [0.5, 0.6) is 11.6 Å². The number of para-hydroxylation sites is 1. The molecule has 186 valence electrons. The molecule has 1 aromatic carbocycles. The van der Waals surface area contributed by atoms with Crippen molar-refractivity contribution >= 4 is 30.8 Å². The third-order valence-corrected chi connectivity index (χ3v) is 6.99. The SMILES string of the molecule is CCOc1nc(N)nc2c1ncn2[C@H]1C=C[C@@H](CO[P@](=O)(NC(C)C(=O)O)Oc2ccccc2)C1. The molecule has 2 aromatic heterocycles. The number of nitrogens with two attached hydrogens (primary N) is 1. The van der Waals surface area contributed by atoms with Crippen LogP contribution < -0.4 is 20.1 Å². The predicted octanol–water partition coefficient (Wildman–Crippen LogP) is 3.19. The molecule has 0 spiro atoms. The Labute approximate surface area is 201 Å². The molecule has 12 nitrogen and oxygen atoms in total. The molecule has 0 radical (unpaired) electrons. The maximum atomic E-state index is 13.4. The van der Waals surface area contributed by atoms with Crippen LogP contribution in [-0.4, -0.2) is 49.9 Å². The van der Waals surface area contributed by atoms with Gasteiger partial charge in [-0.25, -0.2) is 9.55 Å². The molecule has 4 N–H and O–H groups in total. The minimum atomic E-state index is -3.98. The number of fused-ring (bicyclic) bond motifs is 1. The zero-order valence-corrected chi connectivity index (χ0v) is 20.2. The molecule has 0 amide bonds. The maximum absolute atomic E-state index is 13.4. The minimum Gasteiger partial charge on any atom is -0.480 e. The largest absolute Gasteiger partial charge is 0.480 e. The topological polar surface area (TPSA) is 164 Å². The van der Waals surface area contributed by atoms with Gasteiger partial charge in [-0.3, -0.25) is 9.32 Å². The van der Waals surface area contributed by atoms with Gasteiger partial charge in [0.15, 0.2) is 11.2 Å². The van der Waals surface area contributed by atoms with E-state index in [1.54, 1.807) is 36.7 Å². The van der Waals surface area contributed by atoms with E-state index in [1.807, 2.05) is 23.6 Å². The second kappa shape index (κ2) is 10.4. The van der Waals surface area contributed by atoms with Crippen LogP contribution in [0, 0.1) is 5.92 Å². The van der Waals surface area contributed by atoms with Crippen molar-refractivity contribution in [2.45, 2.75) is 32.4 Å². The zero-order chi connectivity index (χ0) is 25.0. The van der Waals surface area contributed by atoms with Gasteiger partial charge in [-0.15, -0.1) is 0 Å². The number of carbonyl (C=O) groups is 1. The lowest BCUT2D eigenvalue weighted by Crippen LogP contribution is -2.33. The molecule has 0 saturated heterocycles. The van der Waals surface area contributed by atoms with Gasteiger partial charge in [0, 0.05) is 5.92 Å². The second-order valence-corrected chi connectivity index (χ2v) is 9.67. The van der Waals surface area contributed by atoms with Crippen molar-refractivity contribution in [1.29, 1.82) is 0 Å². The smallest absolute Gasteiger partial charge is 0.459 e. The molecule has 2 heterocycles. The quantitative estimate of drug-likeness (QED) is 0.260. The lowest BCUT2D eigenvalue weighted by Gasteiger charge is -2.23. The molecule has 4 atom stereocenters. The summed E-state index contributed by atoms with van der Waals surface area (Å²) in [5.41, 5.74) is 6.92. The number of hydrogen-bond donors (Lipinski definition) is 3. The summed E-state index contributed by atoms with van der Waals surface area (Å²) < 4.78 is 32.0. The average Bonchev–Trinajstić information content (AvgIpc) is 3.45. The van der Waals surface area contributed by atoms with E-state index in [0.717, 1.165) is 0 Å². The van der Waals surface area contributed by atoms with Gasteiger partial charge in [-0.1, -0.05) is 30.4 Å². The molecule has 0 aliphatic heterocycles. The molecule has 35 heavy (non-hydrogen) atoms. The zero-order valence-electron chi connectivity index (χ0n) is 19.3. The average molecular weight is 502 g/mol. The van der Waals surface area contributed by atoms with Crippen LogP contribution in [-0.2, 0) is 13.9 Å². The molecule has 3 aromatic rings. The van der Waals surface area contributed by atoms with Gasteiger partial charge < -0.3 is 24.7 Å². The first-order valence-electron chi connectivity index (χ1n) is 11.1. The van der Waals surface area contributed by atoms with Gasteiger partial charge in [0.25, 0.3) is 0 Å². The molecular formula is C22H27N6O6P. The summed E-state index contributed by atoms with van der Waals surface area (Å²) in [4.78, 5) is 24.1. The summed E-state index contributed by atoms with van der Waals surface area (Å²) in [6, 6.07) is 7.20.